The van der Waals surface area contributed by atoms with E-state index in [2.05, 4.69) is 51.5 Å². The predicted molar refractivity (Wildman–Crippen MR) is 101 cm³/mol. The van der Waals surface area contributed by atoms with Crippen molar-refractivity contribution >= 4 is 23.2 Å². The number of anilines is 3. The third kappa shape index (κ3) is 4.68. The Balaban J connectivity index is 1.57. The largest absolute Gasteiger partial charge is 0.372 e. The lowest BCUT2D eigenvalue weighted by Gasteiger charge is -2.17. The number of carbonyl (C=O) groups is 1. The van der Waals surface area contributed by atoms with Crippen LogP contribution in [0.3, 0.4) is 0 Å². The minimum Gasteiger partial charge on any atom is -0.372 e. The highest BCUT2D eigenvalue weighted by atomic mass is 16.1. The van der Waals surface area contributed by atoms with Gasteiger partial charge in [0.15, 0.2) is 0 Å². The first-order valence-corrected chi connectivity index (χ1v) is 8.84. The van der Waals surface area contributed by atoms with Crippen molar-refractivity contribution in [3.8, 4) is 0 Å². The van der Waals surface area contributed by atoms with Crippen molar-refractivity contribution in [2.24, 2.45) is 5.92 Å². The second kappa shape index (κ2) is 7.96. The zero-order chi connectivity index (χ0) is 17.6. The zero-order valence-corrected chi connectivity index (χ0v) is 14.8. The van der Waals surface area contributed by atoms with Gasteiger partial charge in [0.2, 0.25) is 5.95 Å². The van der Waals surface area contributed by atoms with Crippen LogP contribution in [0.1, 0.15) is 37.0 Å². The van der Waals surface area contributed by atoms with Crippen molar-refractivity contribution in [1.82, 2.24) is 9.97 Å². The number of rotatable bonds is 6. The smallest absolute Gasteiger partial charge is 0.258 e. The minimum atomic E-state index is -0.204. The summed E-state index contributed by atoms with van der Waals surface area (Å²) in [4.78, 5) is 23.1. The average molecular weight is 339 g/mol. The Hall–Kier alpha value is -2.63. The first kappa shape index (κ1) is 17.2. The number of nitrogens with one attached hydrogen (secondary N) is 2. The number of aromatic nitrogens is 2. The Bertz CT molecular complexity index is 691. The maximum Gasteiger partial charge on any atom is 0.258 e. The lowest BCUT2D eigenvalue weighted by atomic mass is 10.2. The molecular formula is C19H25N5O. The fraction of sp³-hybridized carbons (Fsp3) is 0.421. The van der Waals surface area contributed by atoms with Crippen molar-refractivity contribution in [1.29, 1.82) is 0 Å². The SMILES string of the molecule is CC(C)CNc1ncc(C(=O)Nc2ccc(N3CCCC3)cc2)cn1. The van der Waals surface area contributed by atoms with E-state index in [9.17, 15) is 4.79 Å². The molecule has 1 fully saturated rings. The highest BCUT2D eigenvalue weighted by Gasteiger charge is 2.12. The summed E-state index contributed by atoms with van der Waals surface area (Å²) >= 11 is 0. The van der Waals surface area contributed by atoms with Crippen LogP contribution < -0.4 is 15.5 Å². The quantitative estimate of drug-likeness (QED) is 0.844. The third-order valence-electron chi connectivity index (χ3n) is 4.18. The van der Waals surface area contributed by atoms with Crippen LogP contribution in [0.25, 0.3) is 0 Å². The van der Waals surface area contributed by atoms with Gasteiger partial charge in [-0.2, -0.15) is 0 Å². The van der Waals surface area contributed by atoms with Gasteiger partial charge in [0.1, 0.15) is 0 Å². The van der Waals surface area contributed by atoms with Crippen molar-refractivity contribution in [3.63, 3.8) is 0 Å². The molecule has 2 aromatic rings. The molecule has 2 heterocycles. The molecule has 0 radical (unpaired) electrons. The molecule has 0 saturated carbocycles. The van der Waals surface area contributed by atoms with Gasteiger partial charge in [-0.05, 0) is 43.0 Å². The molecule has 3 rings (SSSR count). The summed E-state index contributed by atoms with van der Waals surface area (Å²) in [5.74, 6) is 0.847. The van der Waals surface area contributed by atoms with Crippen LogP contribution in [0.2, 0.25) is 0 Å². The summed E-state index contributed by atoms with van der Waals surface area (Å²) in [7, 11) is 0. The molecule has 1 saturated heterocycles. The van der Waals surface area contributed by atoms with Gasteiger partial charge in [-0.15, -0.1) is 0 Å². The number of hydrogen-bond donors (Lipinski definition) is 2. The summed E-state index contributed by atoms with van der Waals surface area (Å²) in [6.45, 7) is 7.25. The molecule has 132 valence electrons. The molecule has 6 nitrogen and oxygen atoms in total. The fourth-order valence-corrected chi connectivity index (χ4v) is 2.77. The van der Waals surface area contributed by atoms with Crippen LogP contribution in [-0.4, -0.2) is 35.5 Å². The Morgan fingerprint density at radius 1 is 1.12 bits per heavy atom. The molecule has 1 amide bonds. The molecule has 1 aromatic heterocycles. The molecule has 0 aliphatic carbocycles. The van der Waals surface area contributed by atoms with E-state index < -0.39 is 0 Å². The van der Waals surface area contributed by atoms with Crippen LogP contribution >= 0.6 is 0 Å². The van der Waals surface area contributed by atoms with Crippen LogP contribution in [0.5, 0.6) is 0 Å². The zero-order valence-electron chi connectivity index (χ0n) is 14.8. The molecule has 0 unspecified atom stereocenters. The summed E-state index contributed by atoms with van der Waals surface area (Å²) in [5, 5.41) is 6.02. The number of amides is 1. The van der Waals surface area contributed by atoms with Gasteiger partial charge in [0, 0.05) is 43.4 Å². The number of nitrogens with zero attached hydrogens (tertiary/aromatic N) is 3. The monoisotopic (exact) mass is 339 g/mol. The van der Waals surface area contributed by atoms with E-state index in [0.717, 1.165) is 25.3 Å². The molecule has 1 aliphatic heterocycles. The topological polar surface area (TPSA) is 70.2 Å². The van der Waals surface area contributed by atoms with Gasteiger partial charge < -0.3 is 15.5 Å². The molecule has 0 spiro atoms. The lowest BCUT2D eigenvalue weighted by molar-refractivity contribution is 0.102. The maximum atomic E-state index is 12.3. The van der Waals surface area contributed by atoms with Crippen LogP contribution in [0, 0.1) is 5.92 Å². The Morgan fingerprint density at radius 2 is 1.76 bits per heavy atom. The Morgan fingerprint density at radius 3 is 2.36 bits per heavy atom. The Kier molecular flexibility index (Phi) is 5.48. The first-order chi connectivity index (χ1) is 12.1. The first-order valence-electron chi connectivity index (χ1n) is 8.84. The highest BCUT2D eigenvalue weighted by molar-refractivity contribution is 6.03. The van der Waals surface area contributed by atoms with Crippen LogP contribution in [0.4, 0.5) is 17.3 Å². The third-order valence-corrected chi connectivity index (χ3v) is 4.18. The summed E-state index contributed by atoms with van der Waals surface area (Å²) < 4.78 is 0. The standard InChI is InChI=1S/C19H25N5O/c1-14(2)11-20-19-21-12-15(13-22-19)18(25)23-16-5-7-17(8-6-16)24-9-3-4-10-24/h5-8,12-14H,3-4,9-11H2,1-2H3,(H,23,25)(H,20,21,22). The van der Waals surface area contributed by atoms with E-state index in [4.69, 9.17) is 0 Å². The molecule has 6 heteroatoms. The average Bonchev–Trinajstić information content (AvgIpc) is 3.15. The van der Waals surface area contributed by atoms with Gasteiger partial charge in [0.05, 0.1) is 5.56 Å². The second-order valence-electron chi connectivity index (χ2n) is 6.77. The summed E-state index contributed by atoms with van der Waals surface area (Å²) in [6.07, 6.45) is 5.59. The van der Waals surface area contributed by atoms with Gasteiger partial charge >= 0.3 is 0 Å². The van der Waals surface area contributed by atoms with E-state index in [1.165, 1.54) is 18.5 Å². The molecule has 25 heavy (non-hydrogen) atoms. The van der Waals surface area contributed by atoms with Gasteiger partial charge in [-0.3, -0.25) is 4.79 Å². The van der Waals surface area contributed by atoms with E-state index >= 15 is 0 Å². The number of carbonyl (C=O) groups excluding carboxylic acids is 1. The number of hydrogen-bond acceptors (Lipinski definition) is 5. The van der Waals surface area contributed by atoms with Crippen LogP contribution in [-0.2, 0) is 0 Å². The highest BCUT2D eigenvalue weighted by Crippen LogP contribution is 2.22. The van der Waals surface area contributed by atoms with Gasteiger partial charge in [0.25, 0.3) is 5.91 Å². The second-order valence-corrected chi connectivity index (χ2v) is 6.77. The van der Waals surface area contributed by atoms with Crippen molar-refractivity contribution in [3.05, 3.63) is 42.2 Å². The fourth-order valence-electron chi connectivity index (χ4n) is 2.77. The number of benzene rings is 1. The van der Waals surface area contributed by atoms with E-state index in [-0.39, 0.29) is 5.91 Å². The molecule has 1 aliphatic rings. The van der Waals surface area contributed by atoms with Crippen molar-refractivity contribution < 1.29 is 4.79 Å². The molecule has 2 N–H and O–H groups in total. The maximum absolute atomic E-state index is 12.3. The lowest BCUT2D eigenvalue weighted by Crippen LogP contribution is -2.17. The predicted octanol–water partition coefficient (Wildman–Crippen LogP) is 3.40. The molecule has 1 aromatic carbocycles. The summed E-state index contributed by atoms with van der Waals surface area (Å²) in [5.41, 5.74) is 2.42. The normalized spacial score (nSPS) is 14.0. The van der Waals surface area contributed by atoms with Crippen molar-refractivity contribution in [2.75, 3.05) is 35.2 Å². The molecule has 0 bridgehead atoms. The van der Waals surface area contributed by atoms with E-state index in [0.29, 0.717) is 17.4 Å². The Labute approximate surface area is 148 Å². The van der Waals surface area contributed by atoms with Crippen LogP contribution in [0.15, 0.2) is 36.7 Å². The van der Waals surface area contributed by atoms with E-state index in [1.807, 2.05) is 12.1 Å². The summed E-state index contributed by atoms with van der Waals surface area (Å²) in [6, 6.07) is 7.97. The van der Waals surface area contributed by atoms with Gasteiger partial charge in [-0.25, -0.2) is 9.97 Å². The van der Waals surface area contributed by atoms with Gasteiger partial charge in [-0.1, -0.05) is 13.8 Å². The van der Waals surface area contributed by atoms with Crippen molar-refractivity contribution in [2.45, 2.75) is 26.7 Å². The molecule has 0 atom stereocenters. The minimum absolute atomic E-state index is 0.204. The van der Waals surface area contributed by atoms with E-state index in [1.54, 1.807) is 12.4 Å². The molecular weight excluding hydrogens is 314 g/mol.